The second-order valence-electron chi connectivity index (χ2n) is 8.82. The Morgan fingerprint density at radius 2 is 1.65 bits per heavy atom. The maximum absolute atomic E-state index is 13.5. The van der Waals surface area contributed by atoms with E-state index in [2.05, 4.69) is 5.32 Å². The molecular weight excluding hydrogens is 536 g/mol. The molecule has 0 radical (unpaired) electrons. The number of carboxylic acid groups (broad SMARTS) is 1. The molecule has 0 aliphatic rings. The molecule has 0 bridgehead atoms. The van der Waals surface area contributed by atoms with Crippen LogP contribution in [0, 0.1) is 0 Å². The second-order valence-corrected chi connectivity index (χ2v) is 9.26. The summed E-state index contributed by atoms with van der Waals surface area (Å²) in [5.41, 5.74) is 1.98. The summed E-state index contributed by atoms with van der Waals surface area (Å²) in [7, 11) is 1.43. The van der Waals surface area contributed by atoms with Crippen LogP contribution in [-0.2, 0) is 11.2 Å². The highest BCUT2D eigenvalue weighted by molar-refractivity contribution is 6.31. The van der Waals surface area contributed by atoms with Gasteiger partial charge in [-0.25, -0.2) is 4.79 Å². The van der Waals surface area contributed by atoms with Gasteiger partial charge < -0.3 is 20.6 Å². The van der Waals surface area contributed by atoms with Gasteiger partial charge in [-0.2, -0.15) is 0 Å². The molecule has 0 saturated heterocycles. The average molecular weight is 563 g/mol. The number of methoxy groups -OCH3 is 1. The molecule has 3 aromatic carbocycles. The maximum atomic E-state index is 13.5. The van der Waals surface area contributed by atoms with Crippen molar-refractivity contribution in [2.24, 2.45) is 0 Å². The van der Waals surface area contributed by atoms with Crippen LogP contribution in [0.3, 0.4) is 0 Å². The number of rotatable bonds is 9. The van der Waals surface area contributed by atoms with E-state index < -0.39 is 23.5 Å². The number of nitrogens with one attached hydrogen (secondary N) is 1. The van der Waals surface area contributed by atoms with Gasteiger partial charge in [0.25, 0.3) is 5.56 Å². The van der Waals surface area contributed by atoms with E-state index in [4.69, 9.17) is 21.4 Å². The molecular formula is C30H27ClN2O7. The first-order valence-corrected chi connectivity index (χ1v) is 12.3. The van der Waals surface area contributed by atoms with Crippen LogP contribution in [0.2, 0.25) is 5.02 Å². The number of carbonyl (C=O) groups excluding carboxylic acids is 2. The van der Waals surface area contributed by atoms with E-state index in [9.17, 15) is 19.2 Å². The Balaban J connectivity index is 0.00000441. The molecule has 0 aliphatic heterocycles. The summed E-state index contributed by atoms with van der Waals surface area (Å²) < 4.78 is 6.89. The Labute approximate surface area is 234 Å². The molecule has 10 heteroatoms. The van der Waals surface area contributed by atoms with E-state index in [1.54, 1.807) is 18.2 Å². The smallest absolute Gasteiger partial charge is 0.335 e. The SMILES string of the molecule is COc1cn([C@@H](Cc2ccccc2)C(=O)Nc2ccc(C(=O)O)cc2)c(=O)cc1-c1cc(Cl)ccc1C(C)=O.O. The van der Waals surface area contributed by atoms with Crippen LogP contribution in [0.1, 0.15) is 39.2 Å². The summed E-state index contributed by atoms with van der Waals surface area (Å²) in [6.45, 7) is 1.42. The van der Waals surface area contributed by atoms with E-state index in [-0.39, 0.29) is 29.0 Å². The van der Waals surface area contributed by atoms with E-state index >= 15 is 0 Å². The van der Waals surface area contributed by atoms with Crippen LogP contribution >= 0.6 is 11.6 Å². The number of hydrogen-bond acceptors (Lipinski definition) is 5. The monoisotopic (exact) mass is 562 g/mol. The Morgan fingerprint density at radius 3 is 2.25 bits per heavy atom. The molecule has 1 amide bonds. The molecule has 40 heavy (non-hydrogen) atoms. The van der Waals surface area contributed by atoms with Gasteiger partial charge in [0.15, 0.2) is 5.78 Å². The Morgan fingerprint density at radius 1 is 0.975 bits per heavy atom. The number of aromatic carboxylic acids is 1. The van der Waals surface area contributed by atoms with E-state index in [0.29, 0.717) is 27.4 Å². The minimum absolute atomic E-state index is 0. The number of carboxylic acids is 1. The highest BCUT2D eigenvalue weighted by Gasteiger charge is 2.25. The lowest BCUT2D eigenvalue weighted by atomic mass is 9.97. The number of anilines is 1. The fourth-order valence-corrected chi connectivity index (χ4v) is 4.44. The predicted octanol–water partition coefficient (Wildman–Crippen LogP) is 4.68. The van der Waals surface area contributed by atoms with Crippen molar-refractivity contribution in [3.63, 3.8) is 0 Å². The van der Waals surface area contributed by atoms with Crippen molar-refractivity contribution in [1.29, 1.82) is 0 Å². The van der Waals surface area contributed by atoms with Gasteiger partial charge in [0.05, 0.1) is 18.9 Å². The van der Waals surface area contributed by atoms with E-state index in [1.807, 2.05) is 30.3 Å². The molecule has 1 aromatic heterocycles. The summed E-state index contributed by atoms with van der Waals surface area (Å²) >= 11 is 6.20. The number of amides is 1. The zero-order valence-electron chi connectivity index (χ0n) is 21.7. The molecule has 0 unspecified atom stereocenters. The number of halogens is 1. The van der Waals surface area contributed by atoms with Crippen LogP contribution in [0.5, 0.6) is 5.75 Å². The third kappa shape index (κ3) is 6.63. The third-order valence-electron chi connectivity index (χ3n) is 6.22. The number of ether oxygens (including phenoxy) is 1. The largest absolute Gasteiger partial charge is 0.495 e. The zero-order chi connectivity index (χ0) is 28.1. The third-order valence-corrected chi connectivity index (χ3v) is 6.46. The van der Waals surface area contributed by atoms with Gasteiger partial charge in [-0.05, 0) is 60.5 Å². The Kier molecular flexibility index (Phi) is 9.60. The molecule has 0 aliphatic carbocycles. The lowest BCUT2D eigenvalue weighted by Crippen LogP contribution is -2.34. The summed E-state index contributed by atoms with van der Waals surface area (Å²) in [5, 5.41) is 12.3. The number of pyridine rings is 1. The normalized spacial score (nSPS) is 11.2. The van der Waals surface area contributed by atoms with Crippen LogP contribution in [-0.4, -0.2) is 39.9 Å². The van der Waals surface area contributed by atoms with Crippen LogP contribution < -0.4 is 15.6 Å². The first-order chi connectivity index (χ1) is 18.7. The quantitative estimate of drug-likeness (QED) is 0.283. The van der Waals surface area contributed by atoms with Gasteiger partial charge in [-0.15, -0.1) is 0 Å². The number of Topliss-reactive ketones (excluding diaryl/α,β-unsaturated/α-hetero) is 1. The molecule has 1 heterocycles. The Bertz CT molecular complexity index is 1600. The lowest BCUT2D eigenvalue weighted by molar-refractivity contribution is -0.119. The van der Waals surface area contributed by atoms with Gasteiger partial charge in [-0.3, -0.25) is 19.0 Å². The first-order valence-electron chi connectivity index (χ1n) is 12.0. The van der Waals surface area contributed by atoms with Crippen molar-refractivity contribution in [2.75, 3.05) is 12.4 Å². The van der Waals surface area contributed by atoms with Crippen LogP contribution in [0.25, 0.3) is 11.1 Å². The molecule has 1 atom stereocenters. The molecule has 9 nitrogen and oxygen atoms in total. The van der Waals surface area contributed by atoms with Gasteiger partial charge in [0, 0.05) is 34.3 Å². The van der Waals surface area contributed by atoms with Crippen molar-refractivity contribution in [2.45, 2.75) is 19.4 Å². The molecule has 0 saturated carbocycles. The second kappa shape index (κ2) is 12.9. The minimum atomic E-state index is -1.08. The van der Waals surface area contributed by atoms with E-state index in [1.165, 1.54) is 55.1 Å². The molecule has 0 spiro atoms. The fourth-order valence-electron chi connectivity index (χ4n) is 4.27. The summed E-state index contributed by atoms with van der Waals surface area (Å²) in [5.74, 6) is -1.49. The van der Waals surface area contributed by atoms with Gasteiger partial charge in [0.2, 0.25) is 5.91 Å². The predicted molar refractivity (Wildman–Crippen MR) is 153 cm³/mol. The molecule has 0 fully saturated rings. The van der Waals surface area contributed by atoms with Crippen molar-refractivity contribution in [3.05, 3.63) is 117 Å². The number of benzene rings is 3. The van der Waals surface area contributed by atoms with Crippen molar-refractivity contribution < 1.29 is 29.7 Å². The van der Waals surface area contributed by atoms with Gasteiger partial charge in [0.1, 0.15) is 11.8 Å². The topological polar surface area (TPSA) is 146 Å². The molecule has 4 N–H and O–H groups in total. The number of carbonyl (C=O) groups is 3. The molecule has 206 valence electrons. The summed E-state index contributed by atoms with van der Waals surface area (Å²) in [4.78, 5) is 50.5. The van der Waals surface area contributed by atoms with Crippen molar-refractivity contribution >= 4 is 34.9 Å². The summed E-state index contributed by atoms with van der Waals surface area (Å²) in [6.07, 6.45) is 1.64. The maximum Gasteiger partial charge on any atom is 0.335 e. The number of aromatic nitrogens is 1. The molecule has 4 rings (SSSR count). The van der Waals surface area contributed by atoms with Crippen molar-refractivity contribution in [1.82, 2.24) is 4.57 Å². The number of nitrogens with zero attached hydrogens (tertiary/aromatic N) is 1. The first kappa shape index (κ1) is 29.8. The standard InChI is InChI=1S/C30H25ClN2O6.H2O/c1-18(34)23-13-10-21(31)15-24(23)25-16-28(35)33(17-27(25)39-2)26(14-19-6-4-3-5-7-19)29(36)32-22-11-8-20(9-12-22)30(37)38;/h3-13,15-17,26H,14H2,1-2H3,(H,32,36)(H,37,38);1H2/t26-;/m0./s1. The Hall–Kier alpha value is -4.73. The van der Waals surface area contributed by atoms with Gasteiger partial charge >= 0.3 is 5.97 Å². The fraction of sp³-hybridized carbons (Fsp3) is 0.133. The highest BCUT2D eigenvalue weighted by atomic mass is 35.5. The van der Waals surface area contributed by atoms with Gasteiger partial charge in [-0.1, -0.05) is 41.9 Å². The number of ketones is 1. The van der Waals surface area contributed by atoms with Crippen molar-refractivity contribution in [3.8, 4) is 16.9 Å². The zero-order valence-corrected chi connectivity index (χ0v) is 22.4. The van der Waals surface area contributed by atoms with Crippen LogP contribution in [0.4, 0.5) is 5.69 Å². The highest BCUT2D eigenvalue weighted by Crippen LogP contribution is 2.34. The van der Waals surface area contributed by atoms with E-state index in [0.717, 1.165) is 5.56 Å². The average Bonchev–Trinajstić information content (AvgIpc) is 2.92. The number of hydrogen-bond donors (Lipinski definition) is 2. The summed E-state index contributed by atoms with van der Waals surface area (Å²) in [6, 6.07) is 20.1. The van der Waals surface area contributed by atoms with Crippen LogP contribution in [0.15, 0.2) is 89.9 Å². The lowest BCUT2D eigenvalue weighted by Gasteiger charge is -2.22. The minimum Gasteiger partial charge on any atom is -0.495 e. The molecule has 4 aromatic rings.